The number of anilines is 1. The van der Waals surface area contributed by atoms with E-state index in [4.69, 9.17) is 10.5 Å². The number of hydrogen-bond acceptors (Lipinski definition) is 2. The molecule has 0 unspecified atom stereocenters. The van der Waals surface area contributed by atoms with Crippen molar-refractivity contribution in [2.75, 3.05) is 5.73 Å². The highest BCUT2D eigenvalue weighted by Gasteiger charge is 2.01. The summed E-state index contributed by atoms with van der Waals surface area (Å²) >= 11 is 6.88. The predicted octanol–water partition coefficient (Wildman–Crippen LogP) is 4.51. The van der Waals surface area contributed by atoms with Crippen molar-refractivity contribution in [2.45, 2.75) is 13.2 Å². The monoisotopic (exact) mass is 369 g/mol. The molecule has 4 heteroatoms. The van der Waals surface area contributed by atoms with Gasteiger partial charge in [0.05, 0.1) is 13.2 Å². The van der Waals surface area contributed by atoms with Gasteiger partial charge in [0.25, 0.3) is 0 Å². The van der Waals surface area contributed by atoms with Crippen LogP contribution >= 0.6 is 31.9 Å². The van der Waals surface area contributed by atoms with Gasteiger partial charge in [-0.15, -0.1) is 0 Å². The maximum absolute atomic E-state index is 5.69. The van der Waals surface area contributed by atoms with Crippen LogP contribution in [0.15, 0.2) is 51.4 Å². The second-order valence-corrected chi connectivity index (χ2v) is 5.74. The maximum atomic E-state index is 5.69. The molecule has 2 N–H and O–H groups in total. The number of benzene rings is 2. The van der Waals surface area contributed by atoms with Crippen LogP contribution in [0.5, 0.6) is 0 Å². The van der Waals surface area contributed by atoms with Crippen molar-refractivity contribution < 1.29 is 4.74 Å². The summed E-state index contributed by atoms with van der Waals surface area (Å²) in [4.78, 5) is 0. The summed E-state index contributed by atoms with van der Waals surface area (Å²) in [6.07, 6.45) is 0. The van der Waals surface area contributed by atoms with E-state index in [1.54, 1.807) is 0 Å². The SMILES string of the molecule is Nc1ccc(COCc2ccc(Br)cc2)c(Br)c1. The second kappa shape index (κ2) is 6.36. The summed E-state index contributed by atoms with van der Waals surface area (Å²) in [5.41, 5.74) is 8.69. The minimum atomic E-state index is 0.566. The Balaban J connectivity index is 1.90. The molecule has 0 aromatic heterocycles. The number of rotatable bonds is 4. The van der Waals surface area contributed by atoms with Gasteiger partial charge in [0, 0.05) is 14.6 Å². The largest absolute Gasteiger partial charge is 0.399 e. The second-order valence-electron chi connectivity index (χ2n) is 3.97. The van der Waals surface area contributed by atoms with Gasteiger partial charge in [-0.1, -0.05) is 50.1 Å². The molecule has 0 bridgehead atoms. The standard InChI is InChI=1S/C14H13Br2NO/c15-12-4-1-10(2-5-12)8-18-9-11-3-6-13(17)7-14(11)16/h1-7H,8-9,17H2. The molecule has 2 nitrogen and oxygen atoms in total. The molecule has 0 fully saturated rings. The Bertz CT molecular complexity index is 526. The number of hydrogen-bond donors (Lipinski definition) is 1. The first-order valence-electron chi connectivity index (χ1n) is 5.51. The lowest BCUT2D eigenvalue weighted by Gasteiger charge is -2.07. The Kier molecular flexibility index (Phi) is 4.80. The van der Waals surface area contributed by atoms with E-state index >= 15 is 0 Å². The lowest BCUT2D eigenvalue weighted by molar-refractivity contribution is 0.107. The van der Waals surface area contributed by atoms with E-state index in [0.29, 0.717) is 13.2 Å². The Hall–Kier alpha value is -0.840. The van der Waals surface area contributed by atoms with Gasteiger partial charge in [-0.05, 0) is 35.4 Å². The summed E-state index contributed by atoms with van der Waals surface area (Å²) in [6.45, 7) is 1.17. The molecule has 2 aromatic rings. The fraction of sp³-hybridized carbons (Fsp3) is 0.143. The lowest BCUT2D eigenvalue weighted by Crippen LogP contribution is -1.96. The van der Waals surface area contributed by atoms with E-state index in [2.05, 4.69) is 31.9 Å². The van der Waals surface area contributed by atoms with Gasteiger partial charge in [-0.25, -0.2) is 0 Å². The number of ether oxygens (including phenoxy) is 1. The Morgan fingerprint density at radius 2 is 1.67 bits per heavy atom. The van der Waals surface area contributed by atoms with Crippen LogP contribution in [0.1, 0.15) is 11.1 Å². The van der Waals surface area contributed by atoms with Crippen LogP contribution in [-0.2, 0) is 18.0 Å². The third-order valence-corrected chi connectivity index (χ3v) is 3.78. The van der Waals surface area contributed by atoms with Crippen LogP contribution in [0.25, 0.3) is 0 Å². The number of halogens is 2. The van der Waals surface area contributed by atoms with Gasteiger partial charge in [0.1, 0.15) is 0 Å². The number of nitrogens with two attached hydrogens (primary N) is 1. The molecule has 2 rings (SSSR count). The average molecular weight is 371 g/mol. The van der Waals surface area contributed by atoms with E-state index in [1.165, 1.54) is 0 Å². The zero-order valence-corrected chi connectivity index (χ0v) is 12.9. The predicted molar refractivity (Wildman–Crippen MR) is 81.2 cm³/mol. The van der Waals surface area contributed by atoms with Crippen molar-refractivity contribution in [3.8, 4) is 0 Å². The number of nitrogen functional groups attached to an aromatic ring is 1. The smallest absolute Gasteiger partial charge is 0.0732 e. The van der Waals surface area contributed by atoms with E-state index in [-0.39, 0.29) is 0 Å². The molecular weight excluding hydrogens is 358 g/mol. The fourth-order valence-corrected chi connectivity index (χ4v) is 2.32. The first kappa shape index (κ1) is 13.6. The van der Waals surface area contributed by atoms with Gasteiger partial charge in [-0.3, -0.25) is 0 Å². The summed E-state index contributed by atoms with van der Waals surface area (Å²) in [6, 6.07) is 13.8. The van der Waals surface area contributed by atoms with Crippen LogP contribution in [0, 0.1) is 0 Å². The van der Waals surface area contributed by atoms with Gasteiger partial charge in [-0.2, -0.15) is 0 Å². The average Bonchev–Trinajstić information content (AvgIpc) is 2.34. The highest BCUT2D eigenvalue weighted by Crippen LogP contribution is 2.21. The first-order chi connectivity index (χ1) is 8.65. The molecule has 2 aromatic carbocycles. The van der Waals surface area contributed by atoms with Crippen molar-refractivity contribution in [3.63, 3.8) is 0 Å². The Labute approximate surface area is 123 Å². The van der Waals surface area contributed by atoms with E-state index in [0.717, 1.165) is 25.8 Å². The minimum Gasteiger partial charge on any atom is -0.399 e. The Morgan fingerprint density at radius 1 is 0.944 bits per heavy atom. The molecule has 0 saturated heterocycles. The van der Waals surface area contributed by atoms with Crippen LogP contribution < -0.4 is 5.73 Å². The lowest BCUT2D eigenvalue weighted by atomic mass is 10.2. The minimum absolute atomic E-state index is 0.566. The molecule has 0 aliphatic carbocycles. The first-order valence-corrected chi connectivity index (χ1v) is 7.10. The van der Waals surface area contributed by atoms with Gasteiger partial charge in [0.2, 0.25) is 0 Å². The van der Waals surface area contributed by atoms with Gasteiger partial charge in [0.15, 0.2) is 0 Å². The Morgan fingerprint density at radius 3 is 2.33 bits per heavy atom. The fourth-order valence-electron chi connectivity index (χ4n) is 1.54. The van der Waals surface area contributed by atoms with E-state index in [9.17, 15) is 0 Å². The molecule has 0 aliphatic rings. The van der Waals surface area contributed by atoms with Gasteiger partial charge >= 0.3 is 0 Å². The molecule has 0 spiro atoms. The summed E-state index contributed by atoms with van der Waals surface area (Å²) in [5.74, 6) is 0. The van der Waals surface area contributed by atoms with Crippen LogP contribution in [0.3, 0.4) is 0 Å². The third-order valence-electron chi connectivity index (χ3n) is 2.52. The van der Waals surface area contributed by atoms with Crippen LogP contribution in [-0.4, -0.2) is 0 Å². The molecule has 0 atom stereocenters. The molecule has 0 heterocycles. The maximum Gasteiger partial charge on any atom is 0.0732 e. The van der Waals surface area contributed by atoms with Gasteiger partial charge < -0.3 is 10.5 Å². The third kappa shape index (κ3) is 3.83. The van der Waals surface area contributed by atoms with E-state index in [1.807, 2.05) is 42.5 Å². The zero-order valence-electron chi connectivity index (χ0n) is 9.70. The molecule has 0 saturated carbocycles. The zero-order chi connectivity index (χ0) is 13.0. The molecular formula is C14H13Br2NO. The summed E-state index contributed by atoms with van der Waals surface area (Å²) in [5, 5.41) is 0. The summed E-state index contributed by atoms with van der Waals surface area (Å²) < 4.78 is 7.74. The van der Waals surface area contributed by atoms with Crippen molar-refractivity contribution in [1.29, 1.82) is 0 Å². The topological polar surface area (TPSA) is 35.2 Å². The van der Waals surface area contributed by atoms with E-state index < -0.39 is 0 Å². The molecule has 94 valence electrons. The van der Waals surface area contributed by atoms with Crippen molar-refractivity contribution in [2.24, 2.45) is 0 Å². The normalized spacial score (nSPS) is 10.6. The van der Waals surface area contributed by atoms with Crippen molar-refractivity contribution in [1.82, 2.24) is 0 Å². The summed E-state index contributed by atoms with van der Waals surface area (Å²) in [7, 11) is 0. The van der Waals surface area contributed by atoms with Crippen molar-refractivity contribution >= 4 is 37.5 Å². The molecule has 0 radical (unpaired) electrons. The highest BCUT2D eigenvalue weighted by atomic mass is 79.9. The van der Waals surface area contributed by atoms with Crippen LogP contribution in [0.2, 0.25) is 0 Å². The molecule has 0 amide bonds. The molecule has 0 aliphatic heterocycles. The van der Waals surface area contributed by atoms with Crippen LogP contribution in [0.4, 0.5) is 5.69 Å². The molecule has 18 heavy (non-hydrogen) atoms. The van der Waals surface area contributed by atoms with Crippen molar-refractivity contribution in [3.05, 3.63) is 62.5 Å². The quantitative estimate of drug-likeness (QED) is 0.803. The highest BCUT2D eigenvalue weighted by molar-refractivity contribution is 9.10.